The standard InChI is InChI=1S/C26H29N5O4/c1-30-16-18(14-28-30)25-15-27-23-5-4-19(12-24(23)29-25)31(17-26(32)6-8-35-9-7-26)20-10-21(33-2)13-22(11-20)34-3/h4-5,10-16,32H,6-9,17H2,1-3H3. The fourth-order valence-electron chi connectivity index (χ4n) is 4.34. The van der Waals surface area contributed by atoms with Gasteiger partial charge in [0, 0.05) is 74.4 Å². The van der Waals surface area contributed by atoms with Crippen LogP contribution in [0, 0.1) is 0 Å². The van der Waals surface area contributed by atoms with Crippen molar-refractivity contribution in [2.75, 3.05) is 38.9 Å². The van der Waals surface area contributed by atoms with E-state index >= 15 is 0 Å². The third kappa shape index (κ3) is 4.91. The van der Waals surface area contributed by atoms with Crippen molar-refractivity contribution in [1.29, 1.82) is 0 Å². The Kier molecular flexibility index (Phi) is 6.27. The molecule has 0 aliphatic carbocycles. The van der Waals surface area contributed by atoms with Gasteiger partial charge in [-0.2, -0.15) is 5.10 Å². The summed E-state index contributed by atoms with van der Waals surface area (Å²) in [6.07, 6.45) is 6.56. The molecule has 35 heavy (non-hydrogen) atoms. The first-order valence-electron chi connectivity index (χ1n) is 11.5. The summed E-state index contributed by atoms with van der Waals surface area (Å²) in [5.74, 6) is 1.34. The molecular weight excluding hydrogens is 446 g/mol. The van der Waals surface area contributed by atoms with E-state index in [1.54, 1.807) is 31.3 Å². The Morgan fingerprint density at radius 2 is 1.74 bits per heavy atom. The lowest BCUT2D eigenvalue weighted by Gasteiger charge is -2.38. The maximum atomic E-state index is 11.4. The molecule has 3 heterocycles. The van der Waals surface area contributed by atoms with E-state index in [2.05, 4.69) is 15.0 Å². The molecule has 1 N–H and O–H groups in total. The van der Waals surface area contributed by atoms with Crippen LogP contribution in [0.1, 0.15) is 12.8 Å². The first kappa shape index (κ1) is 23.1. The molecule has 1 aliphatic rings. The molecule has 2 aromatic carbocycles. The van der Waals surface area contributed by atoms with Crippen LogP contribution in [0.5, 0.6) is 11.5 Å². The molecule has 4 aromatic rings. The lowest BCUT2D eigenvalue weighted by atomic mass is 9.93. The summed E-state index contributed by atoms with van der Waals surface area (Å²) >= 11 is 0. The number of aliphatic hydroxyl groups is 1. The van der Waals surface area contributed by atoms with Crippen LogP contribution in [-0.4, -0.2) is 64.4 Å². The van der Waals surface area contributed by atoms with Crippen LogP contribution in [0.2, 0.25) is 0 Å². The topological polar surface area (TPSA) is 94.8 Å². The van der Waals surface area contributed by atoms with Crippen molar-refractivity contribution in [1.82, 2.24) is 19.7 Å². The molecule has 0 radical (unpaired) electrons. The summed E-state index contributed by atoms with van der Waals surface area (Å²) < 4.78 is 18.3. The predicted molar refractivity (Wildman–Crippen MR) is 133 cm³/mol. The van der Waals surface area contributed by atoms with Crippen molar-refractivity contribution in [2.24, 2.45) is 7.05 Å². The van der Waals surface area contributed by atoms with Gasteiger partial charge in [0.25, 0.3) is 0 Å². The summed E-state index contributed by atoms with van der Waals surface area (Å²) in [5.41, 5.74) is 4.02. The zero-order valence-corrected chi connectivity index (χ0v) is 20.1. The van der Waals surface area contributed by atoms with Crippen LogP contribution in [0.25, 0.3) is 22.3 Å². The zero-order valence-electron chi connectivity index (χ0n) is 20.1. The molecule has 1 aliphatic heterocycles. The van der Waals surface area contributed by atoms with Crippen molar-refractivity contribution in [3.05, 3.63) is 55.0 Å². The van der Waals surface area contributed by atoms with Crippen molar-refractivity contribution in [3.8, 4) is 22.8 Å². The minimum absolute atomic E-state index is 0.383. The number of aromatic nitrogens is 4. The number of aryl methyl sites for hydroxylation is 1. The van der Waals surface area contributed by atoms with Gasteiger partial charge in [-0.15, -0.1) is 0 Å². The Morgan fingerprint density at radius 1 is 1.00 bits per heavy atom. The fourth-order valence-corrected chi connectivity index (χ4v) is 4.34. The average Bonchev–Trinajstić information content (AvgIpc) is 3.33. The first-order valence-corrected chi connectivity index (χ1v) is 11.5. The van der Waals surface area contributed by atoms with Gasteiger partial charge in [0.15, 0.2) is 0 Å². The highest BCUT2D eigenvalue weighted by molar-refractivity contribution is 5.82. The number of ether oxygens (including phenoxy) is 3. The molecule has 0 unspecified atom stereocenters. The molecule has 182 valence electrons. The Morgan fingerprint density at radius 3 is 2.40 bits per heavy atom. The minimum Gasteiger partial charge on any atom is -0.497 e. The summed E-state index contributed by atoms with van der Waals surface area (Å²) in [6.45, 7) is 1.45. The third-order valence-corrected chi connectivity index (χ3v) is 6.36. The fraction of sp³-hybridized carbons (Fsp3) is 0.346. The van der Waals surface area contributed by atoms with Gasteiger partial charge in [-0.05, 0) is 18.2 Å². The lowest BCUT2D eigenvalue weighted by molar-refractivity contribution is -0.0567. The molecule has 9 nitrogen and oxygen atoms in total. The van der Waals surface area contributed by atoms with Crippen LogP contribution < -0.4 is 14.4 Å². The SMILES string of the molecule is COc1cc(OC)cc(N(CC2(O)CCOCC2)c2ccc3ncc(-c4cnn(C)c4)nc3c2)c1. The maximum Gasteiger partial charge on any atom is 0.124 e. The van der Waals surface area contributed by atoms with E-state index in [1.165, 1.54) is 0 Å². The van der Waals surface area contributed by atoms with E-state index in [-0.39, 0.29) is 0 Å². The molecule has 5 rings (SSSR count). The molecule has 1 fully saturated rings. The second-order valence-electron chi connectivity index (χ2n) is 8.82. The Hall–Kier alpha value is -3.69. The molecule has 0 atom stereocenters. The molecular formula is C26H29N5O4. The van der Waals surface area contributed by atoms with Crippen LogP contribution in [-0.2, 0) is 11.8 Å². The monoisotopic (exact) mass is 475 g/mol. The van der Waals surface area contributed by atoms with E-state index in [9.17, 15) is 5.11 Å². The summed E-state index contributed by atoms with van der Waals surface area (Å²) in [5, 5.41) is 15.6. The van der Waals surface area contributed by atoms with E-state index in [0.717, 1.165) is 33.7 Å². The number of nitrogens with zero attached hydrogens (tertiary/aromatic N) is 5. The average molecular weight is 476 g/mol. The van der Waals surface area contributed by atoms with Crippen molar-refractivity contribution >= 4 is 22.4 Å². The van der Waals surface area contributed by atoms with E-state index in [4.69, 9.17) is 19.2 Å². The molecule has 0 amide bonds. The molecule has 1 saturated heterocycles. The summed E-state index contributed by atoms with van der Waals surface area (Å²) in [6, 6.07) is 11.6. The molecule has 0 spiro atoms. The van der Waals surface area contributed by atoms with Gasteiger partial charge in [-0.3, -0.25) is 9.67 Å². The highest BCUT2D eigenvalue weighted by Crippen LogP contribution is 2.36. The minimum atomic E-state index is -0.896. The summed E-state index contributed by atoms with van der Waals surface area (Å²) in [4.78, 5) is 11.5. The number of methoxy groups -OCH3 is 2. The largest absolute Gasteiger partial charge is 0.497 e. The molecule has 0 bridgehead atoms. The van der Waals surface area contributed by atoms with Crippen LogP contribution in [0.3, 0.4) is 0 Å². The number of hydrogen-bond donors (Lipinski definition) is 1. The number of rotatable bonds is 7. The van der Waals surface area contributed by atoms with Crippen molar-refractivity contribution < 1.29 is 19.3 Å². The van der Waals surface area contributed by atoms with E-state index < -0.39 is 5.60 Å². The van der Waals surface area contributed by atoms with Gasteiger partial charge in [0.2, 0.25) is 0 Å². The Labute approximate surface area is 203 Å². The normalized spacial score (nSPS) is 15.2. The van der Waals surface area contributed by atoms with Gasteiger partial charge in [0.1, 0.15) is 11.5 Å². The van der Waals surface area contributed by atoms with Crippen LogP contribution in [0.4, 0.5) is 11.4 Å². The van der Waals surface area contributed by atoms with Gasteiger partial charge < -0.3 is 24.2 Å². The second kappa shape index (κ2) is 9.52. The van der Waals surface area contributed by atoms with Crippen LogP contribution >= 0.6 is 0 Å². The van der Waals surface area contributed by atoms with E-state index in [0.29, 0.717) is 44.1 Å². The van der Waals surface area contributed by atoms with Gasteiger partial charge in [-0.25, -0.2) is 4.98 Å². The Bertz CT molecular complexity index is 1310. The zero-order chi connectivity index (χ0) is 24.4. The third-order valence-electron chi connectivity index (χ3n) is 6.36. The van der Waals surface area contributed by atoms with Gasteiger partial charge in [-0.1, -0.05) is 0 Å². The lowest BCUT2D eigenvalue weighted by Crippen LogP contribution is -2.45. The van der Waals surface area contributed by atoms with Gasteiger partial charge >= 0.3 is 0 Å². The Balaban J connectivity index is 1.60. The van der Waals surface area contributed by atoms with Gasteiger partial charge in [0.05, 0.1) is 55.5 Å². The molecule has 0 saturated carbocycles. The van der Waals surface area contributed by atoms with Crippen molar-refractivity contribution in [3.63, 3.8) is 0 Å². The number of fused-ring (bicyclic) bond motifs is 1. The van der Waals surface area contributed by atoms with E-state index in [1.807, 2.05) is 49.6 Å². The van der Waals surface area contributed by atoms with Crippen LogP contribution in [0.15, 0.2) is 55.0 Å². The highest BCUT2D eigenvalue weighted by atomic mass is 16.5. The number of benzene rings is 2. The molecule has 9 heteroatoms. The number of hydrogen-bond acceptors (Lipinski definition) is 8. The highest BCUT2D eigenvalue weighted by Gasteiger charge is 2.33. The summed E-state index contributed by atoms with van der Waals surface area (Å²) in [7, 11) is 5.12. The second-order valence-corrected chi connectivity index (χ2v) is 8.82. The first-order chi connectivity index (χ1) is 17.0. The smallest absolute Gasteiger partial charge is 0.124 e. The number of anilines is 2. The predicted octanol–water partition coefficient (Wildman–Crippen LogP) is 3.73. The molecule has 2 aromatic heterocycles. The maximum absolute atomic E-state index is 11.4. The quantitative estimate of drug-likeness (QED) is 0.432. The van der Waals surface area contributed by atoms with Crippen molar-refractivity contribution in [2.45, 2.75) is 18.4 Å².